The molecule has 0 aromatic heterocycles. The van der Waals surface area contributed by atoms with Gasteiger partial charge in [0, 0.05) is 69.0 Å². The summed E-state index contributed by atoms with van der Waals surface area (Å²) in [4.78, 5) is 0. The van der Waals surface area contributed by atoms with Gasteiger partial charge in [0.2, 0.25) is 0 Å². The van der Waals surface area contributed by atoms with Gasteiger partial charge in [-0.1, -0.05) is 358 Å². The Hall–Kier alpha value is -7.36. The van der Waals surface area contributed by atoms with Crippen molar-refractivity contribution in [1.82, 2.24) is 0 Å². The standard InChI is InChI=1S/2C20H27NO.2C20H26NO.C7H8.2Mo.3O/c4*1-19(2,3)14-12-16(20(4,5)6)18(22)17(13-14)21-15-10-8-7-9-11-15;1-7-5-3-2-4-6-7;;;;;/h2*7-13,21-22H,1-6H3;2*7-13,22H,1-6H3;2-6H,1H3;;;;;/q;;2*-1;;;;3*-2/p-4/i;;;;1D3,2D,3D,4D,5D,6D;;;;;. The Balaban J connectivity index is 0.00000132. The normalized spacial score (nSPS) is 12.7. The van der Waals surface area contributed by atoms with Crippen LogP contribution in [0.1, 0.15) is 227 Å². The van der Waals surface area contributed by atoms with Crippen molar-refractivity contribution >= 4 is 45.5 Å². The number of anilines is 4. The van der Waals surface area contributed by atoms with Crippen molar-refractivity contribution in [3.05, 3.63) is 261 Å². The quantitative estimate of drug-likeness (QED) is 0.140. The predicted molar refractivity (Wildman–Crippen MR) is 404 cm³/mol. The summed E-state index contributed by atoms with van der Waals surface area (Å²) in [6.07, 6.45) is 0. The maximum Gasteiger partial charge on any atom is 0.0625 e. The summed E-state index contributed by atoms with van der Waals surface area (Å²) in [6, 6.07) is 51.9. The molecule has 0 saturated carbocycles. The Morgan fingerprint density at radius 1 is 0.310 bits per heavy atom. The third kappa shape index (κ3) is 28.2. The molecule has 0 aliphatic heterocycles. The Bertz CT molecular complexity index is 3820. The van der Waals surface area contributed by atoms with Gasteiger partial charge >= 0.3 is 0 Å². The minimum atomic E-state index is -2.70. The molecule has 9 aromatic carbocycles. The van der Waals surface area contributed by atoms with E-state index in [2.05, 4.69) is 200 Å². The predicted octanol–water partition coefficient (Wildman–Crippen LogP) is 23.2. The van der Waals surface area contributed by atoms with Gasteiger partial charge in [-0.25, -0.2) is 0 Å². The van der Waals surface area contributed by atoms with E-state index in [4.69, 9.17) is 11.0 Å². The van der Waals surface area contributed by atoms with Crippen LogP contribution in [0.3, 0.4) is 0 Å². The topological polar surface area (TPSA) is 230 Å². The van der Waals surface area contributed by atoms with Gasteiger partial charge in [-0.15, -0.1) is 34.2 Å². The first-order valence-electron chi connectivity index (χ1n) is 36.7. The number of para-hydroxylation sites is 4. The molecule has 0 amide bonds. The van der Waals surface area contributed by atoms with Gasteiger partial charge in [-0.3, -0.25) is 0 Å². The molecule has 0 spiro atoms. The zero-order valence-corrected chi connectivity index (χ0v) is 67.2. The molecular weight excluding hydrogens is 1400 g/mol. The number of nitrogens with zero attached hydrogens (tertiary/aromatic N) is 2. The summed E-state index contributed by atoms with van der Waals surface area (Å²) in [5, 5.41) is 67.0. The third-order valence-electron chi connectivity index (χ3n) is 15.6. The molecule has 0 unspecified atom stereocenters. The Morgan fingerprint density at radius 2 is 0.550 bits per heavy atom. The second-order valence-corrected chi connectivity index (χ2v) is 32.4. The molecule has 0 heterocycles. The van der Waals surface area contributed by atoms with E-state index >= 15 is 0 Å². The maximum absolute atomic E-state index is 12.8. The van der Waals surface area contributed by atoms with Gasteiger partial charge in [-0.2, -0.15) is 0 Å². The zero-order chi connectivity index (χ0) is 78.1. The third-order valence-corrected chi connectivity index (χ3v) is 15.6. The number of rotatable bonds is 8. The van der Waals surface area contributed by atoms with E-state index < -0.39 is 42.6 Å². The van der Waals surface area contributed by atoms with Crippen molar-refractivity contribution in [2.24, 2.45) is 0 Å². The smallest absolute Gasteiger partial charge is 0.0625 e. The summed E-state index contributed by atoms with van der Waals surface area (Å²) in [5.41, 5.74) is 12.5. The van der Waals surface area contributed by atoms with Gasteiger partial charge in [-0.05, 0) is 120 Å². The fourth-order valence-corrected chi connectivity index (χ4v) is 9.68. The summed E-state index contributed by atoms with van der Waals surface area (Å²) >= 11 is 0. The van der Waals surface area contributed by atoms with Crippen molar-refractivity contribution in [2.75, 3.05) is 10.6 Å². The van der Waals surface area contributed by atoms with Gasteiger partial charge in [0.25, 0.3) is 0 Å². The molecule has 0 aliphatic rings. The minimum Gasteiger partial charge on any atom is -2.00 e. The van der Waals surface area contributed by atoms with Crippen LogP contribution in [0.5, 0.6) is 23.0 Å². The first-order chi connectivity index (χ1) is 47.0. The fourth-order valence-electron chi connectivity index (χ4n) is 9.68. The maximum atomic E-state index is 12.8. The number of hydrogen-bond donors (Lipinski definition) is 2. The number of hydrogen-bond acceptors (Lipinski definition) is 6. The Kier molecular flexibility index (Phi) is 29.8. The molecule has 9 rings (SSSR count). The first kappa shape index (κ1) is 78.4. The van der Waals surface area contributed by atoms with E-state index in [1.807, 2.05) is 158 Å². The second kappa shape index (κ2) is 38.1. The summed E-state index contributed by atoms with van der Waals surface area (Å²) in [7, 11) is 0. The molecule has 100 heavy (non-hydrogen) atoms. The molecule has 2 N–H and O–H groups in total. The van der Waals surface area contributed by atoms with E-state index in [0.29, 0.717) is 22.7 Å². The average Bonchev–Trinajstić information content (AvgIpc) is 0.811. The van der Waals surface area contributed by atoms with Crippen molar-refractivity contribution in [3.8, 4) is 23.0 Å². The van der Waals surface area contributed by atoms with Gasteiger partial charge in [0.1, 0.15) is 0 Å². The molecule has 0 aliphatic carbocycles. The summed E-state index contributed by atoms with van der Waals surface area (Å²) in [6.45, 7) is 48.2. The summed E-state index contributed by atoms with van der Waals surface area (Å²) in [5.74, 6) is 0.238. The van der Waals surface area contributed by atoms with Crippen LogP contribution in [0.2, 0.25) is 0 Å². The van der Waals surface area contributed by atoms with Crippen LogP contribution in [-0.4, -0.2) is 0 Å². The van der Waals surface area contributed by atoms with Gasteiger partial charge < -0.3 is 58.1 Å². The fraction of sp³-hybridized carbons (Fsp3) is 0.379. The van der Waals surface area contributed by atoms with Crippen LogP contribution < -0.4 is 31.1 Å². The Labute approximate surface area is 642 Å². The van der Waals surface area contributed by atoms with E-state index in [9.17, 15) is 20.4 Å². The molecule has 0 bridgehead atoms. The first-order valence-corrected chi connectivity index (χ1v) is 32.7. The van der Waals surface area contributed by atoms with Crippen LogP contribution >= 0.6 is 0 Å². The molecule has 11 nitrogen and oxygen atoms in total. The average molecular weight is 1520 g/mol. The Morgan fingerprint density at radius 3 is 0.790 bits per heavy atom. The van der Waals surface area contributed by atoms with Crippen molar-refractivity contribution in [3.63, 3.8) is 0 Å². The molecule has 9 aromatic rings. The second-order valence-electron chi connectivity index (χ2n) is 32.4. The molecule has 13 heteroatoms. The molecule has 0 radical (unpaired) electrons. The molecule has 0 fully saturated rings. The minimum absolute atomic E-state index is 0. The molecule has 544 valence electrons. The van der Waals surface area contributed by atoms with Crippen LogP contribution in [0.4, 0.5) is 45.5 Å². The summed E-state index contributed by atoms with van der Waals surface area (Å²) < 4.78 is 57.7. The van der Waals surface area contributed by atoms with Gasteiger partial charge in [0.05, 0.1) is 6.85 Å². The zero-order valence-electron chi connectivity index (χ0n) is 71.2. The van der Waals surface area contributed by atoms with Crippen LogP contribution in [0.25, 0.3) is 10.6 Å². The number of nitrogens with one attached hydrogen (secondary N) is 2. The molecule has 0 atom stereocenters. The van der Waals surface area contributed by atoms with Crippen LogP contribution in [0.15, 0.2) is 200 Å². The monoisotopic (exact) mass is 1530 g/mol. The number of benzene rings is 9. The van der Waals surface area contributed by atoms with Crippen LogP contribution in [0, 0.1) is 6.85 Å². The molecule has 0 saturated heterocycles. The van der Waals surface area contributed by atoms with E-state index in [-0.39, 0.29) is 125 Å². The van der Waals surface area contributed by atoms with E-state index in [1.54, 1.807) is 0 Å². The largest absolute Gasteiger partial charge is 2.00 e. The van der Waals surface area contributed by atoms with Crippen molar-refractivity contribution < 1.29 is 90.0 Å². The SMILES string of the molecule is CC(C)(C)c1cc(Nc2ccccc2)c([O-])c(C(C)(C)C)c1.CC(C)(C)c1cc(Nc2ccccc2)c([O-])c(C(C)(C)C)c1.CC(C)(C)c1cc([N-]c2ccccc2)c([O-])c(C(C)(C)C)c1.CC(C)(C)c1cc([N-]c2ccccc2)c([O-])c(C(C)(C)C)c1.[2H]c1c([2H])c([2H])c(C([2H])([2H])[2H])c([2H])c1[2H].[Mo].[Mo].[O-2].[O-2].[O-2]. The van der Waals surface area contributed by atoms with Crippen molar-refractivity contribution in [1.29, 1.82) is 0 Å². The molecular formula is C87H110Mo2N4O7-12. The van der Waals surface area contributed by atoms with Gasteiger partial charge in [0.15, 0.2) is 0 Å². The van der Waals surface area contributed by atoms with E-state index in [0.717, 1.165) is 56.1 Å². The van der Waals surface area contributed by atoms with Crippen molar-refractivity contribution in [2.45, 2.75) is 216 Å². The van der Waals surface area contributed by atoms with Crippen LogP contribution in [-0.2, 0) is 102 Å². The van der Waals surface area contributed by atoms with E-state index in [1.165, 1.54) is 11.1 Å².